The molecule has 2 nitrogen and oxygen atoms in total. The second kappa shape index (κ2) is 3.31. The Bertz CT molecular complexity index is 512. The maximum absolute atomic E-state index is 11.9. The Morgan fingerprint density at radius 3 is 2.07 bits per heavy atom. The predicted molar refractivity (Wildman–Crippen MR) is 58.5 cm³/mol. The first kappa shape index (κ1) is 10.1. The molecular weight excluding hydrogens is 212 g/mol. The van der Waals surface area contributed by atoms with E-state index in [1.165, 1.54) is 0 Å². The van der Waals surface area contributed by atoms with Crippen molar-refractivity contribution in [1.82, 2.24) is 0 Å². The van der Waals surface area contributed by atoms with Gasteiger partial charge in [0.2, 0.25) is 0 Å². The fraction of sp³-hybridized carbons (Fsp3) is 0.167. The van der Waals surface area contributed by atoms with Crippen LogP contribution in [0, 0.1) is 0 Å². The number of hydrogen-bond acceptors (Lipinski definition) is 2. The third-order valence-corrected chi connectivity index (χ3v) is 2.95. The molecule has 0 saturated heterocycles. The van der Waals surface area contributed by atoms with Crippen molar-refractivity contribution in [2.24, 2.45) is 0 Å². The van der Waals surface area contributed by atoms with E-state index in [9.17, 15) is 9.59 Å². The Balaban J connectivity index is 2.73. The molecule has 0 spiro atoms. The SMILES string of the molecule is CC1=C(C)C(=O)c2cc(Cl)ccc2C1=O. The number of allylic oxidation sites excluding steroid dienone is 2. The standard InChI is InChI=1S/C12H9ClO2/c1-6-7(2)12(15)10-5-8(13)3-4-9(10)11(6)14/h3-5H,1-2H3. The van der Waals surface area contributed by atoms with Gasteiger partial charge in [-0.05, 0) is 32.0 Å². The normalized spacial score (nSPS) is 15.7. The number of carbonyl (C=O) groups excluding carboxylic acids is 2. The molecule has 3 heteroatoms. The zero-order valence-electron chi connectivity index (χ0n) is 8.43. The molecule has 0 fully saturated rings. The van der Waals surface area contributed by atoms with Gasteiger partial charge in [0.05, 0.1) is 0 Å². The van der Waals surface area contributed by atoms with Gasteiger partial charge in [0.25, 0.3) is 0 Å². The van der Waals surface area contributed by atoms with Gasteiger partial charge in [-0.25, -0.2) is 0 Å². The molecule has 1 aliphatic rings. The van der Waals surface area contributed by atoms with Gasteiger partial charge in [-0.15, -0.1) is 0 Å². The van der Waals surface area contributed by atoms with Crippen molar-refractivity contribution >= 4 is 23.2 Å². The number of hydrogen-bond donors (Lipinski definition) is 0. The molecule has 0 atom stereocenters. The minimum Gasteiger partial charge on any atom is -0.289 e. The fourth-order valence-electron chi connectivity index (χ4n) is 1.65. The molecule has 1 aliphatic carbocycles. The van der Waals surface area contributed by atoms with E-state index < -0.39 is 0 Å². The summed E-state index contributed by atoms with van der Waals surface area (Å²) < 4.78 is 0. The first-order valence-corrected chi connectivity index (χ1v) is 4.96. The highest BCUT2D eigenvalue weighted by Gasteiger charge is 2.27. The summed E-state index contributed by atoms with van der Waals surface area (Å²) in [6, 6.07) is 4.78. The summed E-state index contributed by atoms with van der Waals surface area (Å²) in [5.41, 5.74) is 1.90. The fourth-order valence-corrected chi connectivity index (χ4v) is 1.82. The number of carbonyl (C=O) groups is 2. The van der Waals surface area contributed by atoms with Gasteiger partial charge < -0.3 is 0 Å². The summed E-state index contributed by atoms with van der Waals surface area (Å²) in [5.74, 6) is -0.191. The van der Waals surface area contributed by atoms with Crippen LogP contribution >= 0.6 is 11.6 Å². The molecule has 0 saturated carbocycles. The summed E-state index contributed by atoms with van der Waals surface area (Å²) in [5, 5.41) is 0.474. The van der Waals surface area contributed by atoms with Gasteiger partial charge in [0, 0.05) is 27.3 Å². The highest BCUT2D eigenvalue weighted by molar-refractivity contribution is 6.32. The van der Waals surface area contributed by atoms with E-state index in [0.29, 0.717) is 27.3 Å². The quantitative estimate of drug-likeness (QED) is 0.674. The molecule has 1 aromatic rings. The van der Waals surface area contributed by atoms with Gasteiger partial charge in [0.15, 0.2) is 11.6 Å². The second-order valence-electron chi connectivity index (χ2n) is 3.60. The van der Waals surface area contributed by atoms with Crippen molar-refractivity contribution in [2.75, 3.05) is 0 Å². The molecular formula is C12H9ClO2. The van der Waals surface area contributed by atoms with Crippen molar-refractivity contribution in [3.63, 3.8) is 0 Å². The van der Waals surface area contributed by atoms with Crippen LogP contribution in [0.5, 0.6) is 0 Å². The Morgan fingerprint density at radius 1 is 0.933 bits per heavy atom. The van der Waals surface area contributed by atoms with Crippen LogP contribution in [-0.4, -0.2) is 11.6 Å². The van der Waals surface area contributed by atoms with E-state index in [-0.39, 0.29) is 11.6 Å². The maximum Gasteiger partial charge on any atom is 0.189 e. The summed E-state index contributed by atoms with van der Waals surface area (Å²) in [6.07, 6.45) is 0. The number of benzene rings is 1. The van der Waals surface area contributed by atoms with Gasteiger partial charge in [-0.3, -0.25) is 9.59 Å². The number of Topliss-reactive ketones (excluding diaryl/α,β-unsaturated/α-hetero) is 2. The van der Waals surface area contributed by atoms with Crippen LogP contribution in [0.4, 0.5) is 0 Å². The molecule has 0 N–H and O–H groups in total. The second-order valence-corrected chi connectivity index (χ2v) is 4.03. The third kappa shape index (κ3) is 1.41. The first-order chi connectivity index (χ1) is 7.02. The number of halogens is 1. The number of rotatable bonds is 0. The van der Waals surface area contributed by atoms with Crippen LogP contribution in [-0.2, 0) is 0 Å². The molecule has 0 unspecified atom stereocenters. The van der Waals surface area contributed by atoms with Crippen LogP contribution in [0.3, 0.4) is 0 Å². The van der Waals surface area contributed by atoms with E-state index >= 15 is 0 Å². The lowest BCUT2D eigenvalue weighted by Gasteiger charge is -2.16. The molecule has 15 heavy (non-hydrogen) atoms. The molecule has 0 bridgehead atoms. The number of fused-ring (bicyclic) bond motifs is 1. The average Bonchev–Trinajstić information content (AvgIpc) is 2.23. The van der Waals surface area contributed by atoms with Gasteiger partial charge in [-0.2, -0.15) is 0 Å². The summed E-state index contributed by atoms with van der Waals surface area (Å²) in [7, 11) is 0. The summed E-state index contributed by atoms with van der Waals surface area (Å²) >= 11 is 5.79. The van der Waals surface area contributed by atoms with Crippen molar-refractivity contribution < 1.29 is 9.59 Å². The van der Waals surface area contributed by atoms with Crippen LogP contribution in [0.2, 0.25) is 5.02 Å². The lowest BCUT2D eigenvalue weighted by atomic mass is 9.85. The molecule has 0 amide bonds. The lowest BCUT2D eigenvalue weighted by molar-refractivity contribution is 0.0975. The van der Waals surface area contributed by atoms with E-state index in [2.05, 4.69) is 0 Å². The summed E-state index contributed by atoms with van der Waals surface area (Å²) in [4.78, 5) is 23.7. The van der Waals surface area contributed by atoms with Gasteiger partial charge in [-0.1, -0.05) is 11.6 Å². The highest BCUT2D eigenvalue weighted by Crippen LogP contribution is 2.27. The molecule has 1 aromatic carbocycles. The highest BCUT2D eigenvalue weighted by atomic mass is 35.5. The minimum atomic E-state index is -0.107. The van der Waals surface area contributed by atoms with E-state index in [1.54, 1.807) is 32.0 Å². The van der Waals surface area contributed by atoms with Crippen LogP contribution in [0.25, 0.3) is 0 Å². The molecule has 0 aliphatic heterocycles. The van der Waals surface area contributed by atoms with Crippen molar-refractivity contribution in [1.29, 1.82) is 0 Å². The van der Waals surface area contributed by atoms with E-state index in [4.69, 9.17) is 11.6 Å². The zero-order chi connectivity index (χ0) is 11.2. The third-order valence-electron chi connectivity index (χ3n) is 2.71. The topological polar surface area (TPSA) is 34.1 Å². The first-order valence-electron chi connectivity index (χ1n) is 4.59. The monoisotopic (exact) mass is 220 g/mol. The van der Waals surface area contributed by atoms with E-state index in [0.717, 1.165) is 0 Å². The Hall–Kier alpha value is -1.41. The van der Waals surface area contributed by atoms with Crippen LogP contribution < -0.4 is 0 Å². The maximum atomic E-state index is 11.9. The molecule has 0 radical (unpaired) electrons. The predicted octanol–water partition coefficient (Wildman–Crippen LogP) is 3.06. The Morgan fingerprint density at radius 2 is 1.47 bits per heavy atom. The molecule has 0 heterocycles. The minimum absolute atomic E-state index is 0.0845. The van der Waals surface area contributed by atoms with Gasteiger partial charge in [0.1, 0.15) is 0 Å². The average molecular weight is 221 g/mol. The molecule has 2 rings (SSSR count). The Labute approximate surface area is 92.6 Å². The summed E-state index contributed by atoms with van der Waals surface area (Å²) in [6.45, 7) is 3.34. The molecule has 0 aromatic heterocycles. The largest absolute Gasteiger partial charge is 0.289 e. The van der Waals surface area contributed by atoms with Crippen molar-refractivity contribution in [2.45, 2.75) is 13.8 Å². The van der Waals surface area contributed by atoms with Crippen molar-refractivity contribution in [3.05, 3.63) is 45.5 Å². The lowest BCUT2D eigenvalue weighted by Crippen LogP contribution is -2.19. The van der Waals surface area contributed by atoms with Crippen molar-refractivity contribution in [3.8, 4) is 0 Å². The Kier molecular flexibility index (Phi) is 2.24. The number of ketones is 2. The zero-order valence-corrected chi connectivity index (χ0v) is 9.18. The van der Waals surface area contributed by atoms with Crippen LogP contribution in [0.1, 0.15) is 34.6 Å². The molecule has 76 valence electrons. The van der Waals surface area contributed by atoms with Gasteiger partial charge >= 0.3 is 0 Å². The smallest absolute Gasteiger partial charge is 0.189 e. The van der Waals surface area contributed by atoms with E-state index in [1.807, 2.05) is 0 Å². The van der Waals surface area contributed by atoms with Crippen LogP contribution in [0.15, 0.2) is 29.3 Å².